The minimum absolute atomic E-state index is 0.00585. The van der Waals surface area contributed by atoms with Crippen LogP contribution in [0.15, 0.2) is 54.6 Å². The van der Waals surface area contributed by atoms with Gasteiger partial charge in [0.25, 0.3) is 5.91 Å². The predicted molar refractivity (Wildman–Crippen MR) is 120 cm³/mol. The molecule has 1 atom stereocenters. The Morgan fingerprint density at radius 3 is 2.61 bits per heavy atom. The molecule has 1 aliphatic rings. The smallest absolute Gasteiger partial charge is 0.411 e. The maximum Gasteiger partial charge on any atom is 0.411 e. The summed E-state index contributed by atoms with van der Waals surface area (Å²) >= 11 is 12.0. The summed E-state index contributed by atoms with van der Waals surface area (Å²) in [4.78, 5) is 32.1. The lowest BCUT2D eigenvalue weighted by molar-refractivity contribution is 0.0699. The van der Waals surface area contributed by atoms with Crippen molar-refractivity contribution in [3.8, 4) is 0 Å². The number of fused-ring (bicyclic) bond motifs is 2. The van der Waals surface area contributed by atoms with Crippen LogP contribution in [0.5, 0.6) is 0 Å². The number of amides is 2. The van der Waals surface area contributed by atoms with E-state index in [1.807, 2.05) is 0 Å². The number of halogens is 3. The van der Waals surface area contributed by atoms with E-state index >= 15 is 0 Å². The third-order valence-electron chi connectivity index (χ3n) is 5.40. The second-order valence-corrected chi connectivity index (χ2v) is 8.14. The molecule has 0 radical (unpaired) electrons. The molecule has 0 saturated carbocycles. The fourth-order valence-electron chi connectivity index (χ4n) is 4.00. The average Bonchev–Trinajstić information content (AvgIpc) is 3.27. The molecule has 0 bridgehead atoms. The monoisotopic (exact) mass is 486 g/mol. The van der Waals surface area contributed by atoms with Crippen LogP contribution in [0.1, 0.15) is 21.5 Å². The molecule has 11 heteroatoms. The molecule has 5 rings (SSSR count). The zero-order valence-electron chi connectivity index (χ0n) is 16.4. The van der Waals surface area contributed by atoms with Crippen LogP contribution in [0.25, 0.3) is 11.0 Å². The second-order valence-electron chi connectivity index (χ2n) is 7.32. The van der Waals surface area contributed by atoms with Gasteiger partial charge in [0.2, 0.25) is 5.95 Å². The minimum Gasteiger partial charge on any atom is -0.465 e. The van der Waals surface area contributed by atoms with E-state index in [0.29, 0.717) is 11.0 Å². The number of aromatic nitrogens is 2. The number of H-pyrrole nitrogens is 1. The Kier molecular flexibility index (Phi) is 4.78. The van der Waals surface area contributed by atoms with E-state index in [1.54, 1.807) is 24.3 Å². The molecule has 1 aromatic heterocycles. The number of carbonyl (C=O) groups excluding carboxylic acids is 1. The van der Waals surface area contributed by atoms with Crippen molar-refractivity contribution in [2.24, 2.45) is 0 Å². The first-order valence-electron chi connectivity index (χ1n) is 9.51. The lowest BCUT2D eigenvalue weighted by Gasteiger charge is -2.35. The number of carbonyl (C=O) groups is 2. The van der Waals surface area contributed by atoms with Gasteiger partial charge >= 0.3 is 6.09 Å². The topological polar surface area (TPSA) is 119 Å². The van der Waals surface area contributed by atoms with Gasteiger partial charge in [0.1, 0.15) is 5.82 Å². The third-order valence-corrected chi connectivity index (χ3v) is 6.12. The van der Waals surface area contributed by atoms with Crippen molar-refractivity contribution >= 4 is 57.9 Å². The van der Waals surface area contributed by atoms with Gasteiger partial charge in [-0.2, -0.15) is 0 Å². The zero-order valence-corrected chi connectivity index (χ0v) is 17.9. The van der Waals surface area contributed by atoms with E-state index in [-0.39, 0.29) is 38.4 Å². The van der Waals surface area contributed by atoms with Crippen molar-refractivity contribution < 1.29 is 24.2 Å². The van der Waals surface area contributed by atoms with Crippen molar-refractivity contribution in [3.63, 3.8) is 0 Å². The van der Waals surface area contributed by atoms with Gasteiger partial charge in [-0.1, -0.05) is 47.5 Å². The highest BCUT2D eigenvalue weighted by molar-refractivity contribution is 6.42. The molecule has 2 amide bonds. The molecule has 0 saturated heterocycles. The highest BCUT2D eigenvalue weighted by Gasteiger charge is 2.51. The summed E-state index contributed by atoms with van der Waals surface area (Å²) in [6.45, 7) is 0. The lowest BCUT2D eigenvalue weighted by Crippen LogP contribution is -2.45. The fraction of sp³-hybridized carbons (Fsp3) is 0.0455. The standard InChI is InChI=1S/C22H13Cl2FN4O4/c23-13-8-15(25)18(9-14(13)24)29-19(30)11-3-1-2-4-12(11)22(29,33)10-5-6-16-17(7-10)27-20(26-16)28-21(31)32/h1-9,33H,(H,31,32)(H2,26,27,28). The van der Waals surface area contributed by atoms with Gasteiger partial charge < -0.3 is 15.2 Å². The summed E-state index contributed by atoms with van der Waals surface area (Å²) in [6.07, 6.45) is -1.30. The Morgan fingerprint density at radius 2 is 1.85 bits per heavy atom. The van der Waals surface area contributed by atoms with E-state index in [0.717, 1.165) is 11.0 Å². The molecule has 8 nitrogen and oxygen atoms in total. The molecule has 166 valence electrons. The second kappa shape index (κ2) is 7.45. The first-order chi connectivity index (χ1) is 15.7. The van der Waals surface area contributed by atoms with Crippen LogP contribution in [-0.2, 0) is 5.72 Å². The Morgan fingerprint density at radius 1 is 1.12 bits per heavy atom. The number of nitrogens with zero attached hydrogens (tertiary/aromatic N) is 2. The van der Waals surface area contributed by atoms with Crippen molar-refractivity contribution in [3.05, 3.63) is 87.2 Å². The van der Waals surface area contributed by atoms with Crippen molar-refractivity contribution in [2.75, 3.05) is 10.2 Å². The predicted octanol–water partition coefficient (Wildman–Crippen LogP) is 4.95. The number of anilines is 2. The largest absolute Gasteiger partial charge is 0.465 e. The number of aliphatic hydroxyl groups is 1. The van der Waals surface area contributed by atoms with Crippen LogP contribution >= 0.6 is 23.2 Å². The van der Waals surface area contributed by atoms with Crippen LogP contribution in [0.4, 0.5) is 20.8 Å². The Bertz CT molecular complexity index is 1470. The molecule has 1 unspecified atom stereocenters. The molecule has 0 spiro atoms. The Balaban J connectivity index is 1.74. The van der Waals surface area contributed by atoms with Gasteiger partial charge in [0.05, 0.1) is 26.8 Å². The summed E-state index contributed by atoms with van der Waals surface area (Å²) in [5.41, 5.74) is -0.957. The van der Waals surface area contributed by atoms with Gasteiger partial charge in [-0.05, 0) is 30.3 Å². The van der Waals surface area contributed by atoms with Crippen LogP contribution in [0.2, 0.25) is 10.0 Å². The summed E-state index contributed by atoms with van der Waals surface area (Å²) in [5.74, 6) is -1.50. The summed E-state index contributed by atoms with van der Waals surface area (Å²) in [6, 6.07) is 13.1. The molecule has 33 heavy (non-hydrogen) atoms. The van der Waals surface area contributed by atoms with Gasteiger partial charge in [-0.3, -0.25) is 15.0 Å². The first kappa shape index (κ1) is 21.2. The lowest BCUT2D eigenvalue weighted by atomic mass is 9.93. The molecular formula is C22H13Cl2FN4O4. The molecule has 0 fully saturated rings. The quantitative estimate of drug-likeness (QED) is 0.305. The molecule has 1 aliphatic heterocycles. The first-order valence-corrected chi connectivity index (χ1v) is 10.3. The number of hydrogen-bond donors (Lipinski definition) is 4. The number of imidazole rings is 1. The number of carboxylic acid groups (broad SMARTS) is 1. The average molecular weight is 487 g/mol. The van der Waals surface area contributed by atoms with Crippen LogP contribution in [0, 0.1) is 5.82 Å². The Hall–Kier alpha value is -3.66. The van der Waals surface area contributed by atoms with Gasteiger partial charge in [-0.15, -0.1) is 0 Å². The number of hydrogen-bond acceptors (Lipinski definition) is 4. The number of rotatable bonds is 3. The molecule has 0 aliphatic carbocycles. The molecule has 4 aromatic rings. The maximum absolute atomic E-state index is 15.0. The van der Waals surface area contributed by atoms with Crippen molar-refractivity contribution in [2.45, 2.75) is 5.72 Å². The van der Waals surface area contributed by atoms with Gasteiger partial charge in [0, 0.05) is 16.7 Å². The highest BCUT2D eigenvalue weighted by Crippen LogP contribution is 2.47. The van der Waals surface area contributed by atoms with E-state index in [4.69, 9.17) is 28.3 Å². The fourth-order valence-corrected chi connectivity index (χ4v) is 4.30. The van der Waals surface area contributed by atoms with Gasteiger partial charge in [-0.25, -0.2) is 14.2 Å². The van der Waals surface area contributed by atoms with Gasteiger partial charge in [0.15, 0.2) is 5.72 Å². The summed E-state index contributed by atoms with van der Waals surface area (Å²) < 4.78 is 15.0. The normalized spacial score (nSPS) is 17.5. The highest BCUT2D eigenvalue weighted by atomic mass is 35.5. The minimum atomic E-state index is -2.11. The van der Waals surface area contributed by atoms with Crippen LogP contribution in [-0.4, -0.2) is 32.2 Å². The number of aromatic amines is 1. The summed E-state index contributed by atoms with van der Waals surface area (Å²) in [5, 5.41) is 23.0. The molecule has 4 N–H and O–H groups in total. The molecule has 3 aromatic carbocycles. The zero-order chi connectivity index (χ0) is 23.5. The van der Waals surface area contributed by atoms with Crippen LogP contribution in [0.3, 0.4) is 0 Å². The van der Waals surface area contributed by atoms with Crippen molar-refractivity contribution in [1.29, 1.82) is 0 Å². The third kappa shape index (κ3) is 3.20. The Labute approximate surface area is 195 Å². The summed E-state index contributed by atoms with van der Waals surface area (Å²) in [7, 11) is 0. The molecular weight excluding hydrogens is 474 g/mol. The molecule has 2 heterocycles. The van der Waals surface area contributed by atoms with E-state index in [1.165, 1.54) is 24.3 Å². The number of benzene rings is 3. The van der Waals surface area contributed by atoms with E-state index < -0.39 is 23.5 Å². The SMILES string of the molecule is O=C(O)Nc1nc2cc(C3(O)c4ccccc4C(=O)N3c3cc(Cl)c(Cl)cc3F)ccc2[nH]1. The van der Waals surface area contributed by atoms with Crippen LogP contribution < -0.4 is 10.2 Å². The maximum atomic E-state index is 15.0. The van der Waals surface area contributed by atoms with E-state index in [2.05, 4.69) is 15.3 Å². The van der Waals surface area contributed by atoms with E-state index in [9.17, 15) is 19.1 Å². The van der Waals surface area contributed by atoms with Crippen molar-refractivity contribution in [1.82, 2.24) is 9.97 Å². The number of nitrogens with one attached hydrogen (secondary N) is 2.